The number of aromatic nitrogens is 4. The van der Waals surface area contributed by atoms with Crippen LogP contribution in [-0.2, 0) is 13.0 Å². The SMILES string of the molecule is CCc1nnc(Cn2ccnc2C(O)C2CCCCC2)o1. The molecule has 0 bridgehead atoms. The second-order valence-corrected chi connectivity index (χ2v) is 5.70. The van der Waals surface area contributed by atoms with E-state index in [1.807, 2.05) is 17.7 Å². The Labute approximate surface area is 124 Å². The maximum Gasteiger partial charge on any atom is 0.236 e. The van der Waals surface area contributed by atoms with Crippen LogP contribution in [0.5, 0.6) is 0 Å². The molecule has 21 heavy (non-hydrogen) atoms. The fraction of sp³-hybridized carbons (Fsp3) is 0.667. The van der Waals surface area contributed by atoms with E-state index in [2.05, 4.69) is 15.2 Å². The van der Waals surface area contributed by atoms with E-state index in [-0.39, 0.29) is 0 Å². The number of imidazole rings is 1. The van der Waals surface area contributed by atoms with Crippen LogP contribution < -0.4 is 0 Å². The maximum absolute atomic E-state index is 10.6. The molecule has 0 aromatic carbocycles. The zero-order valence-electron chi connectivity index (χ0n) is 12.4. The highest BCUT2D eigenvalue weighted by Gasteiger charge is 2.26. The van der Waals surface area contributed by atoms with Gasteiger partial charge in [-0.3, -0.25) is 0 Å². The lowest BCUT2D eigenvalue weighted by molar-refractivity contribution is 0.0740. The summed E-state index contributed by atoms with van der Waals surface area (Å²) in [5.74, 6) is 2.22. The highest BCUT2D eigenvalue weighted by atomic mass is 16.4. The summed E-state index contributed by atoms with van der Waals surface area (Å²) in [4.78, 5) is 4.34. The van der Waals surface area contributed by atoms with Gasteiger partial charge in [-0.1, -0.05) is 26.2 Å². The molecule has 1 saturated carbocycles. The number of rotatable bonds is 5. The predicted molar refractivity (Wildman–Crippen MR) is 76.5 cm³/mol. The normalized spacial score (nSPS) is 18.0. The van der Waals surface area contributed by atoms with E-state index in [9.17, 15) is 5.11 Å². The Morgan fingerprint density at radius 2 is 2.05 bits per heavy atom. The average molecular weight is 290 g/mol. The smallest absolute Gasteiger partial charge is 0.236 e. The van der Waals surface area contributed by atoms with Crippen LogP contribution in [0.4, 0.5) is 0 Å². The van der Waals surface area contributed by atoms with Gasteiger partial charge in [-0.2, -0.15) is 0 Å². The second-order valence-electron chi connectivity index (χ2n) is 5.70. The second kappa shape index (κ2) is 6.39. The first-order valence-corrected chi connectivity index (χ1v) is 7.78. The van der Waals surface area contributed by atoms with Gasteiger partial charge in [0.25, 0.3) is 0 Å². The van der Waals surface area contributed by atoms with Crippen LogP contribution in [0.1, 0.15) is 62.7 Å². The van der Waals surface area contributed by atoms with Gasteiger partial charge in [-0.25, -0.2) is 4.98 Å². The van der Waals surface area contributed by atoms with Crippen LogP contribution in [0, 0.1) is 5.92 Å². The van der Waals surface area contributed by atoms with Gasteiger partial charge in [0, 0.05) is 18.8 Å². The zero-order valence-corrected chi connectivity index (χ0v) is 12.4. The fourth-order valence-electron chi connectivity index (χ4n) is 3.02. The van der Waals surface area contributed by atoms with Crippen molar-refractivity contribution in [1.82, 2.24) is 19.7 Å². The summed E-state index contributed by atoms with van der Waals surface area (Å²) in [7, 11) is 0. The molecule has 1 aliphatic rings. The first kappa shape index (κ1) is 14.3. The highest BCUT2D eigenvalue weighted by Crippen LogP contribution is 2.33. The number of hydrogen-bond donors (Lipinski definition) is 1. The van der Waals surface area contributed by atoms with Crippen LogP contribution in [0.3, 0.4) is 0 Å². The summed E-state index contributed by atoms with van der Waals surface area (Å²) in [5.41, 5.74) is 0. The topological polar surface area (TPSA) is 77.0 Å². The molecule has 1 fully saturated rings. The monoisotopic (exact) mass is 290 g/mol. The Bertz CT molecular complexity index is 572. The van der Waals surface area contributed by atoms with Gasteiger partial charge in [0.05, 0.1) is 0 Å². The third kappa shape index (κ3) is 3.15. The number of aliphatic hydroxyl groups is 1. The maximum atomic E-state index is 10.6. The van der Waals surface area contributed by atoms with Gasteiger partial charge >= 0.3 is 0 Å². The van der Waals surface area contributed by atoms with Crippen molar-refractivity contribution in [3.05, 3.63) is 30.0 Å². The average Bonchev–Trinajstić information content (AvgIpc) is 3.17. The summed E-state index contributed by atoms with van der Waals surface area (Å²) in [6.07, 6.45) is 9.64. The Balaban J connectivity index is 1.73. The molecule has 2 heterocycles. The van der Waals surface area contributed by atoms with E-state index in [4.69, 9.17) is 4.42 Å². The molecule has 2 aromatic rings. The van der Waals surface area contributed by atoms with Crippen molar-refractivity contribution in [3.8, 4) is 0 Å². The van der Waals surface area contributed by atoms with Gasteiger partial charge in [-0.05, 0) is 18.8 Å². The zero-order chi connectivity index (χ0) is 14.7. The molecule has 114 valence electrons. The van der Waals surface area contributed by atoms with E-state index in [0.717, 1.165) is 19.3 Å². The molecule has 3 rings (SSSR count). The van der Waals surface area contributed by atoms with Gasteiger partial charge in [-0.15, -0.1) is 10.2 Å². The van der Waals surface area contributed by atoms with Crippen molar-refractivity contribution in [2.24, 2.45) is 5.92 Å². The molecular weight excluding hydrogens is 268 g/mol. The summed E-state index contributed by atoms with van der Waals surface area (Å²) in [6, 6.07) is 0. The molecule has 0 amide bonds. The highest BCUT2D eigenvalue weighted by molar-refractivity contribution is 5.01. The summed E-state index contributed by atoms with van der Waals surface area (Å²) >= 11 is 0. The minimum Gasteiger partial charge on any atom is -0.423 e. The largest absolute Gasteiger partial charge is 0.423 e. The molecule has 0 saturated heterocycles. The lowest BCUT2D eigenvalue weighted by Gasteiger charge is -2.26. The molecule has 6 heteroatoms. The summed E-state index contributed by atoms with van der Waals surface area (Å²) < 4.78 is 7.44. The van der Waals surface area contributed by atoms with Gasteiger partial charge in [0.15, 0.2) is 0 Å². The van der Waals surface area contributed by atoms with Crippen molar-refractivity contribution in [2.45, 2.75) is 58.1 Å². The van der Waals surface area contributed by atoms with E-state index < -0.39 is 6.10 Å². The predicted octanol–water partition coefficient (Wildman–Crippen LogP) is 2.49. The third-order valence-corrected chi connectivity index (χ3v) is 4.23. The summed E-state index contributed by atoms with van der Waals surface area (Å²) in [6.45, 7) is 2.44. The van der Waals surface area contributed by atoms with Crippen LogP contribution in [-0.4, -0.2) is 24.9 Å². The van der Waals surface area contributed by atoms with E-state index >= 15 is 0 Å². The van der Waals surface area contributed by atoms with Crippen LogP contribution >= 0.6 is 0 Å². The Morgan fingerprint density at radius 3 is 2.76 bits per heavy atom. The van der Waals surface area contributed by atoms with Crippen LogP contribution in [0.25, 0.3) is 0 Å². The minimum atomic E-state index is -0.506. The lowest BCUT2D eigenvalue weighted by Crippen LogP contribution is -2.20. The molecule has 0 aliphatic heterocycles. The van der Waals surface area contributed by atoms with Crippen molar-refractivity contribution in [1.29, 1.82) is 0 Å². The van der Waals surface area contributed by atoms with Crippen LogP contribution in [0.2, 0.25) is 0 Å². The molecule has 0 radical (unpaired) electrons. The number of nitrogens with zero attached hydrogens (tertiary/aromatic N) is 4. The number of aryl methyl sites for hydroxylation is 1. The molecule has 2 aromatic heterocycles. The molecule has 1 unspecified atom stereocenters. The van der Waals surface area contributed by atoms with Crippen molar-refractivity contribution in [3.63, 3.8) is 0 Å². The summed E-state index contributed by atoms with van der Waals surface area (Å²) in [5, 5.41) is 18.6. The Hall–Kier alpha value is -1.69. The van der Waals surface area contributed by atoms with Crippen LogP contribution in [0.15, 0.2) is 16.8 Å². The molecule has 1 N–H and O–H groups in total. The van der Waals surface area contributed by atoms with Gasteiger partial charge < -0.3 is 14.1 Å². The lowest BCUT2D eigenvalue weighted by atomic mass is 9.85. The van der Waals surface area contributed by atoms with E-state index in [1.54, 1.807) is 6.20 Å². The van der Waals surface area contributed by atoms with Crippen molar-refractivity contribution < 1.29 is 9.52 Å². The molecular formula is C15H22N4O2. The number of aliphatic hydroxyl groups excluding tert-OH is 1. The first-order chi connectivity index (χ1) is 10.3. The molecule has 0 spiro atoms. The van der Waals surface area contributed by atoms with Gasteiger partial charge in [0.2, 0.25) is 11.8 Å². The first-order valence-electron chi connectivity index (χ1n) is 7.78. The van der Waals surface area contributed by atoms with Crippen molar-refractivity contribution in [2.75, 3.05) is 0 Å². The van der Waals surface area contributed by atoms with E-state index in [0.29, 0.717) is 30.1 Å². The number of hydrogen-bond acceptors (Lipinski definition) is 5. The van der Waals surface area contributed by atoms with Gasteiger partial charge in [0.1, 0.15) is 18.5 Å². The fourth-order valence-corrected chi connectivity index (χ4v) is 3.02. The molecule has 1 aliphatic carbocycles. The Kier molecular flexibility index (Phi) is 4.34. The Morgan fingerprint density at radius 1 is 1.29 bits per heavy atom. The molecule has 1 atom stereocenters. The third-order valence-electron chi connectivity index (χ3n) is 4.23. The quantitative estimate of drug-likeness (QED) is 0.915. The minimum absolute atomic E-state index is 0.314. The van der Waals surface area contributed by atoms with E-state index in [1.165, 1.54) is 19.3 Å². The molecule has 6 nitrogen and oxygen atoms in total. The standard InChI is InChI=1S/C15H22N4O2/c1-2-12-17-18-13(21-12)10-19-9-8-16-15(19)14(20)11-6-4-3-5-7-11/h8-9,11,14,20H,2-7,10H2,1H3. The van der Waals surface area contributed by atoms with Crippen molar-refractivity contribution >= 4 is 0 Å².